The number of nitrogens with zero attached hydrogens (tertiary/aromatic N) is 4. The summed E-state index contributed by atoms with van der Waals surface area (Å²) in [5, 5.41) is 17.2. The number of aromatic nitrogens is 3. The molecule has 6 heteroatoms. The fourth-order valence-electron chi connectivity index (χ4n) is 2.87. The van der Waals surface area contributed by atoms with E-state index in [0.29, 0.717) is 6.54 Å². The van der Waals surface area contributed by atoms with Crippen LogP contribution in [0.5, 0.6) is 0 Å². The van der Waals surface area contributed by atoms with Crippen LogP contribution in [0, 0.1) is 0 Å². The zero-order chi connectivity index (χ0) is 13.5. The van der Waals surface area contributed by atoms with Crippen LogP contribution in [0.4, 0.5) is 5.82 Å². The predicted octanol–water partition coefficient (Wildman–Crippen LogP) is 0.962. The molecule has 2 aromatic rings. The van der Waals surface area contributed by atoms with Crippen molar-refractivity contribution < 1.29 is 5.11 Å². The molecular formula is C14H17N5O. The molecule has 6 nitrogen and oxygen atoms in total. The molecule has 0 radical (unpaired) electrons. The fourth-order valence-corrected chi connectivity index (χ4v) is 2.87. The molecule has 0 bridgehead atoms. The van der Waals surface area contributed by atoms with Gasteiger partial charge in [-0.2, -0.15) is 5.10 Å². The number of pyridine rings is 1. The van der Waals surface area contributed by atoms with Gasteiger partial charge in [0, 0.05) is 31.4 Å². The van der Waals surface area contributed by atoms with Gasteiger partial charge in [0.25, 0.3) is 0 Å². The molecule has 2 aromatic heterocycles. The van der Waals surface area contributed by atoms with Gasteiger partial charge in [0.15, 0.2) is 0 Å². The average molecular weight is 271 g/mol. The molecule has 2 aliphatic rings. The Hall–Kier alpha value is -1.92. The minimum absolute atomic E-state index is 0.601. The largest absolute Gasteiger partial charge is 0.374 e. The maximum Gasteiger partial charge on any atom is 0.134 e. The smallest absolute Gasteiger partial charge is 0.134 e. The third kappa shape index (κ3) is 1.88. The van der Waals surface area contributed by atoms with Crippen molar-refractivity contribution in [2.24, 2.45) is 0 Å². The van der Waals surface area contributed by atoms with Gasteiger partial charge in [0.2, 0.25) is 0 Å². The molecule has 20 heavy (non-hydrogen) atoms. The first-order valence-corrected chi connectivity index (χ1v) is 7.02. The molecule has 4 rings (SSSR count). The van der Waals surface area contributed by atoms with Gasteiger partial charge in [0.05, 0.1) is 17.6 Å². The summed E-state index contributed by atoms with van der Waals surface area (Å²) in [7, 11) is 0. The van der Waals surface area contributed by atoms with Crippen LogP contribution < -0.4 is 10.2 Å². The van der Waals surface area contributed by atoms with Crippen LogP contribution >= 0.6 is 0 Å². The van der Waals surface area contributed by atoms with E-state index < -0.39 is 6.23 Å². The van der Waals surface area contributed by atoms with E-state index in [1.807, 2.05) is 24.5 Å². The number of rotatable bonds is 2. The second-order valence-corrected chi connectivity index (χ2v) is 5.33. The highest BCUT2D eigenvalue weighted by molar-refractivity contribution is 5.44. The molecule has 104 valence electrons. The molecule has 1 atom stereocenters. The molecule has 2 aliphatic heterocycles. The first-order chi connectivity index (χ1) is 9.81. The summed E-state index contributed by atoms with van der Waals surface area (Å²) in [6.07, 6.45) is 5.61. The van der Waals surface area contributed by atoms with E-state index in [1.165, 1.54) is 12.8 Å². The normalized spacial score (nSPS) is 21.4. The Bertz CT molecular complexity index is 615. The Morgan fingerprint density at radius 2 is 2.10 bits per heavy atom. The summed E-state index contributed by atoms with van der Waals surface area (Å²) in [5.41, 5.74) is 2.68. The highest BCUT2D eigenvalue weighted by Gasteiger charge is 2.23. The maximum absolute atomic E-state index is 9.74. The zero-order valence-corrected chi connectivity index (χ0v) is 11.2. The van der Waals surface area contributed by atoms with Gasteiger partial charge < -0.3 is 10.0 Å². The first-order valence-electron chi connectivity index (χ1n) is 7.02. The topological polar surface area (TPSA) is 66.2 Å². The van der Waals surface area contributed by atoms with Crippen LogP contribution in [-0.2, 0) is 6.54 Å². The lowest BCUT2D eigenvalue weighted by Gasteiger charge is -2.16. The lowest BCUT2D eigenvalue weighted by molar-refractivity contribution is 0.151. The molecular weight excluding hydrogens is 254 g/mol. The molecule has 1 fully saturated rings. The van der Waals surface area contributed by atoms with Crippen LogP contribution in [0.2, 0.25) is 0 Å². The monoisotopic (exact) mass is 271 g/mol. The zero-order valence-electron chi connectivity index (χ0n) is 11.2. The summed E-state index contributed by atoms with van der Waals surface area (Å²) in [6, 6.07) is 4.07. The van der Waals surface area contributed by atoms with Gasteiger partial charge in [-0.1, -0.05) is 0 Å². The molecule has 0 saturated carbocycles. The van der Waals surface area contributed by atoms with Gasteiger partial charge >= 0.3 is 0 Å². The molecule has 2 N–H and O–H groups in total. The Morgan fingerprint density at radius 1 is 1.25 bits per heavy atom. The van der Waals surface area contributed by atoms with Gasteiger partial charge in [-0.15, -0.1) is 0 Å². The number of aliphatic hydroxyl groups excluding tert-OH is 1. The Kier molecular flexibility index (Phi) is 2.71. The van der Waals surface area contributed by atoms with Crippen LogP contribution in [-0.4, -0.2) is 33.0 Å². The molecule has 0 amide bonds. The number of hydrogen-bond acceptors (Lipinski definition) is 5. The highest BCUT2D eigenvalue weighted by atomic mass is 16.3. The van der Waals surface area contributed by atoms with E-state index in [1.54, 1.807) is 4.68 Å². The van der Waals surface area contributed by atoms with Gasteiger partial charge in [-0.05, 0) is 25.0 Å². The fraction of sp³-hybridized carbons (Fsp3) is 0.429. The van der Waals surface area contributed by atoms with Gasteiger partial charge in [-0.25, -0.2) is 9.67 Å². The van der Waals surface area contributed by atoms with E-state index in [2.05, 4.69) is 20.3 Å². The summed E-state index contributed by atoms with van der Waals surface area (Å²) in [5.74, 6) is 1.03. The Labute approximate surface area is 117 Å². The second-order valence-electron chi connectivity index (χ2n) is 5.33. The van der Waals surface area contributed by atoms with Crippen LogP contribution in [0.1, 0.15) is 30.3 Å². The first kappa shape index (κ1) is 11.9. The molecule has 0 spiro atoms. The number of nitrogens with one attached hydrogen (secondary N) is 1. The standard InChI is InChI=1S/C14H17N5O/c20-14-11-9-19(17-12(11)8-16-14)10-3-4-13(15-7-10)18-5-1-2-6-18/h3-4,7,9,14,16,20H,1-2,5-6,8H2. The minimum Gasteiger partial charge on any atom is -0.374 e. The van der Waals surface area contributed by atoms with Crippen LogP contribution in [0.3, 0.4) is 0 Å². The van der Waals surface area contributed by atoms with Crippen molar-refractivity contribution in [2.75, 3.05) is 18.0 Å². The number of aliphatic hydroxyl groups is 1. The van der Waals surface area contributed by atoms with E-state index in [-0.39, 0.29) is 0 Å². The van der Waals surface area contributed by atoms with E-state index >= 15 is 0 Å². The second kappa shape index (κ2) is 4.57. The van der Waals surface area contributed by atoms with E-state index in [9.17, 15) is 5.11 Å². The molecule has 4 heterocycles. The third-order valence-corrected chi connectivity index (χ3v) is 4.01. The maximum atomic E-state index is 9.74. The number of fused-ring (bicyclic) bond motifs is 1. The molecule has 1 saturated heterocycles. The van der Waals surface area contributed by atoms with Crippen molar-refractivity contribution in [1.29, 1.82) is 0 Å². The SMILES string of the molecule is OC1NCc2nn(-c3ccc(N4CCCC4)nc3)cc21. The summed E-state index contributed by atoms with van der Waals surface area (Å²) >= 11 is 0. The molecule has 0 aromatic carbocycles. The Morgan fingerprint density at radius 3 is 2.80 bits per heavy atom. The van der Waals surface area contributed by atoms with Crippen LogP contribution in [0.15, 0.2) is 24.5 Å². The quantitative estimate of drug-likeness (QED) is 0.851. The summed E-state index contributed by atoms with van der Waals surface area (Å²) < 4.78 is 1.79. The lowest BCUT2D eigenvalue weighted by atomic mass is 10.3. The van der Waals surface area contributed by atoms with Crippen molar-refractivity contribution >= 4 is 5.82 Å². The highest BCUT2D eigenvalue weighted by Crippen LogP contribution is 2.24. The number of hydrogen-bond donors (Lipinski definition) is 2. The van der Waals surface area contributed by atoms with Crippen molar-refractivity contribution in [2.45, 2.75) is 25.6 Å². The number of anilines is 1. The van der Waals surface area contributed by atoms with Crippen molar-refractivity contribution in [3.63, 3.8) is 0 Å². The molecule has 0 aliphatic carbocycles. The average Bonchev–Trinajstić information content (AvgIpc) is 3.18. The lowest BCUT2D eigenvalue weighted by Crippen LogP contribution is -2.18. The van der Waals surface area contributed by atoms with Crippen molar-refractivity contribution in [3.05, 3.63) is 35.8 Å². The molecule has 1 unspecified atom stereocenters. The van der Waals surface area contributed by atoms with Crippen molar-refractivity contribution in [1.82, 2.24) is 20.1 Å². The van der Waals surface area contributed by atoms with E-state index in [0.717, 1.165) is 35.9 Å². The Balaban J connectivity index is 1.61. The van der Waals surface area contributed by atoms with Crippen LogP contribution in [0.25, 0.3) is 5.69 Å². The van der Waals surface area contributed by atoms with E-state index in [4.69, 9.17) is 0 Å². The summed E-state index contributed by atoms with van der Waals surface area (Å²) in [4.78, 5) is 6.83. The van der Waals surface area contributed by atoms with Crippen molar-refractivity contribution in [3.8, 4) is 5.69 Å². The van der Waals surface area contributed by atoms with Gasteiger partial charge in [0.1, 0.15) is 12.0 Å². The minimum atomic E-state index is -0.601. The summed E-state index contributed by atoms with van der Waals surface area (Å²) in [6.45, 7) is 2.81. The third-order valence-electron chi connectivity index (χ3n) is 4.01. The predicted molar refractivity (Wildman–Crippen MR) is 74.6 cm³/mol. The van der Waals surface area contributed by atoms with Gasteiger partial charge in [-0.3, -0.25) is 5.32 Å².